The zero-order valence-corrected chi connectivity index (χ0v) is 16.0. The standard InChI is InChI=1S/C20H20ClN3O4/c1-3-11-28-16-8-6-15(7-9-16)23-19(25)20(26)24-22-13-14-5-10-18(27-4-2)17(21)12-14/h3,5-10,12-13H,1,4,11H2,2H3,(H,23,25)(H,24,26)/b22-13-. The number of nitrogens with zero attached hydrogens (tertiary/aromatic N) is 1. The fraction of sp³-hybridized carbons (Fsp3) is 0.150. The topological polar surface area (TPSA) is 89.0 Å². The van der Waals surface area contributed by atoms with E-state index in [1.54, 1.807) is 48.5 Å². The van der Waals surface area contributed by atoms with Crippen LogP contribution in [0.25, 0.3) is 0 Å². The van der Waals surface area contributed by atoms with Crippen LogP contribution in [0.15, 0.2) is 60.2 Å². The molecule has 2 aromatic carbocycles. The molecule has 0 saturated heterocycles. The second-order valence-corrected chi connectivity index (χ2v) is 5.81. The van der Waals surface area contributed by atoms with E-state index in [1.165, 1.54) is 6.21 Å². The highest BCUT2D eigenvalue weighted by atomic mass is 35.5. The predicted octanol–water partition coefficient (Wildman–Crippen LogP) is 3.39. The van der Waals surface area contributed by atoms with Crippen LogP contribution in [0.3, 0.4) is 0 Å². The van der Waals surface area contributed by atoms with Crippen LogP contribution >= 0.6 is 11.6 Å². The first-order valence-corrected chi connectivity index (χ1v) is 8.81. The molecule has 0 aliphatic carbocycles. The Morgan fingerprint density at radius 2 is 1.89 bits per heavy atom. The Balaban J connectivity index is 1.86. The van der Waals surface area contributed by atoms with E-state index >= 15 is 0 Å². The van der Waals surface area contributed by atoms with Crippen LogP contribution < -0.4 is 20.2 Å². The van der Waals surface area contributed by atoms with Crippen molar-refractivity contribution in [3.8, 4) is 11.5 Å². The van der Waals surface area contributed by atoms with E-state index < -0.39 is 11.8 Å². The summed E-state index contributed by atoms with van der Waals surface area (Å²) in [5.41, 5.74) is 3.25. The monoisotopic (exact) mass is 401 g/mol. The van der Waals surface area contributed by atoms with Crippen LogP contribution in [0.5, 0.6) is 11.5 Å². The van der Waals surface area contributed by atoms with Gasteiger partial charge in [0.05, 0.1) is 17.8 Å². The Kier molecular flexibility index (Phi) is 8.05. The van der Waals surface area contributed by atoms with Gasteiger partial charge >= 0.3 is 11.8 Å². The minimum absolute atomic E-state index is 0.381. The number of carbonyl (C=O) groups excluding carboxylic acids is 2. The van der Waals surface area contributed by atoms with Crippen LogP contribution in [0.1, 0.15) is 12.5 Å². The average Bonchev–Trinajstić information content (AvgIpc) is 2.69. The highest BCUT2D eigenvalue weighted by Gasteiger charge is 2.12. The fourth-order valence-corrected chi connectivity index (χ4v) is 2.31. The molecule has 0 bridgehead atoms. The predicted molar refractivity (Wildman–Crippen MR) is 109 cm³/mol. The third kappa shape index (κ3) is 6.44. The number of hydrazone groups is 1. The van der Waals surface area contributed by atoms with E-state index in [2.05, 4.69) is 22.4 Å². The molecule has 28 heavy (non-hydrogen) atoms. The summed E-state index contributed by atoms with van der Waals surface area (Å²) in [7, 11) is 0. The summed E-state index contributed by atoms with van der Waals surface area (Å²) < 4.78 is 10.7. The molecule has 0 spiro atoms. The van der Waals surface area contributed by atoms with Crippen LogP contribution in [0, 0.1) is 0 Å². The zero-order valence-electron chi connectivity index (χ0n) is 15.3. The van der Waals surface area contributed by atoms with E-state index in [0.29, 0.717) is 41.0 Å². The van der Waals surface area contributed by atoms with Crippen molar-refractivity contribution in [3.05, 3.63) is 65.7 Å². The number of carbonyl (C=O) groups is 2. The lowest BCUT2D eigenvalue weighted by Gasteiger charge is -2.06. The van der Waals surface area contributed by atoms with Gasteiger partial charge in [-0.3, -0.25) is 9.59 Å². The molecule has 0 heterocycles. The summed E-state index contributed by atoms with van der Waals surface area (Å²) in [6.45, 7) is 6.30. The number of amides is 2. The van der Waals surface area contributed by atoms with Gasteiger partial charge < -0.3 is 14.8 Å². The van der Waals surface area contributed by atoms with Crippen LogP contribution in [-0.4, -0.2) is 31.2 Å². The molecule has 0 aliphatic heterocycles. The number of rotatable bonds is 8. The Labute approximate surface area is 168 Å². The van der Waals surface area contributed by atoms with E-state index in [1.807, 2.05) is 6.92 Å². The number of benzene rings is 2. The minimum atomic E-state index is -0.903. The lowest BCUT2D eigenvalue weighted by Crippen LogP contribution is -2.32. The van der Waals surface area contributed by atoms with Crippen molar-refractivity contribution in [3.63, 3.8) is 0 Å². The Morgan fingerprint density at radius 1 is 1.14 bits per heavy atom. The molecule has 0 aromatic heterocycles. The Morgan fingerprint density at radius 3 is 2.54 bits per heavy atom. The van der Waals surface area contributed by atoms with Gasteiger partial charge in [-0.15, -0.1) is 0 Å². The third-order valence-electron chi connectivity index (χ3n) is 3.32. The first kappa shape index (κ1) is 21.0. The lowest BCUT2D eigenvalue weighted by atomic mass is 10.2. The molecule has 2 amide bonds. The number of nitrogens with one attached hydrogen (secondary N) is 2. The normalized spacial score (nSPS) is 10.4. The third-order valence-corrected chi connectivity index (χ3v) is 3.62. The molecule has 0 unspecified atom stereocenters. The molecule has 0 radical (unpaired) electrons. The van der Waals surface area contributed by atoms with Crippen LogP contribution in [0.2, 0.25) is 5.02 Å². The molecule has 7 nitrogen and oxygen atoms in total. The summed E-state index contributed by atoms with van der Waals surface area (Å²) >= 11 is 6.08. The van der Waals surface area contributed by atoms with Gasteiger partial charge in [-0.05, 0) is 55.0 Å². The van der Waals surface area contributed by atoms with Gasteiger partial charge in [0.1, 0.15) is 18.1 Å². The Hall–Kier alpha value is -3.32. The van der Waals surface area contributed by atoms with E-state index in [-0.39, 0.29) is 0 Å². The molecule has 2 N–H and O–H groups in total. The van der Waals surface area contributed by atoms with Crippen molar-refractivity contribution < 1.29 is 19.1 Å². The minimum Gasteiger partial charge on any atom is -0.492 e. The lowest BCUT2D eigenvalue weighted by molar-refractivity contribution is -0.136. The maximum Gasteiger partial charge on any atom is 0.329 e. The van der Waals surface area contributed by atoms with Gasteiger partial charge in [-0.25, -0.2) is 5.43 Å². The Bertz CT molecular complexity index is 866. The number of halogens is 1. The summed E-state index contributed by atoms with van der Waals surface area (Å²) in [5, 5.41) is 6.65. The molecule has 0 atom stereocenters. The number of hydrogen-bond acceptors (Lipinski definition) is 5. The first-order chi connectivity index (χ1) is 13.5. The second-order valence-electron chi connectivity index (χ2n) is 5.40. The van der Waals surface area contributed by atoms with Crippen molar-refractivity contribution in [2.24, 2.45) is 5.10 Å². The van der Waals surface area contributed by atoms with E-state index in [4.69, 9.17) is 21.1 Å². The molecule has 0 fully saturated rings. The van der Waals surface area contributed by atoms with Crippen LogP contribution in [-0.2, 0) is 9.59 Å². The number of anilines is 1. The van der Waals surface area contributed by atoms with E-state index in [0.717, 1.165) is 0 Å². The van der Waals surface area contributed by atoms with Gasteiger partial charge in [-0.1, -0.05) is 24.3 Å². The zero-order chi connectivity index (χ0) is 20.4. The highest BCUT2D eigenvalue weighted by molar-refractivity contribution is 6.39. The van der Waals surface area contributed by atoms with Gasteiger partial charge in [0, 0.05) is 5.69 Å². The molecular formula is C20H20ClN3O4. The van der Waals surface area contributed by atoms with Gasteiger partial charge in [0.25, 0.3) is 0 Å². The number of ether oxygens (including phenoxy) is 2. The maximum absolute atomic E-state index is 11.9. The SMILES string of the molecule is C=CCOc1ccc(NC(=O)C(=O)N/N=C\c2ccc(OCC)c(Cl)c2)cc1. The summed E-state index contributed by atoms with van der Waals surface area (Å²) in [4.78, 5) is 23.7. The molecular weight excluding hydrogens is 382 g/mol. The number of hydrogen-bond donors (Lipinski definition) is 2. The van der Waals surface area contributed by atoms with Gasteiger partial charge in [-0.2, -0.15) is 5.10 Å². The highest BCUT2D eigenvalue weighted by Crippen LogP contribution is 2.24. The van der Waals surface area contributed by atoms with Crippen molar-refractivity contribution in [2.45, 2.75) is 6.92 Å². The fourth-order valence-electron chi connectivity index (χ4n) is 2.06. The molecule has 0 saturated carbocycles. The summed E-state index contributed by atoms with van der Waals surface area (Å²) in [5.74, 6) is -0.562. The van der Waals surface area contributed by atoms with Crippen LogP contribution in [0.4, 0.5) is 5.69 Å². The van der Waals surface area contributed by atoms with Crippen molar-refractivity contribution in [1.29, 1.82) is 0 Å². The molecule has 2 aromatic rings. The first-order valence-electron chi connectivity index (χ1n) is 8.44. The van der Waals surface area contributed by atoms with Gasteiger partial charge in [0.15, 0.2) is 0 Å². The smallest absolute Gasteiger partial charge is 0.329 e. The molecule has 8 heteroatoms. The summed E-state index contributed by atoms with van der Waals surface area (Å²) in [6.07, 6.45) is 3.00. The van der Waals surface area contributed by atoms with E-state index in [9.17, 15) is 9.59 Å². The quantitative estimate of drug-likeness (QED) is 0.307. The van der Waals surface area contributed by atoms with Crippen molar-refractivity contribution in [1.82, 2.24) is 5.43 Å². The molecule has 0 aliphatic rings. The average molecular weight is 402 g/mol. The van der Waals surface area contributed by atoms with Crippen molar-refractivity contribution >= 4 is 35.3 Å². The second kappa shape index (κ2) is 10.7. The maximum atomic E-state index is 11.9. The molecule has 146 valence electrons. The van der Waals surface area contributed by atoms with Crippen molar-refractivity contribution in [2.75, 3.05) is 18.5 Å². The largest absolute Gasteiger partial charge is 0.492 e. The summed E-state index contributed by atoms with van der Waals surface area (Å²) in [6, 6.07) is 11.6. The molecule has 2 rings (SSSR count). The van der Waals surface area contributed by atoms with Gasteiger partial charge in [0.2, 0.25) is 0 Å².